The quantitative estimate of drug-likeness (QED) is 0.881. The van der Waals surface area contributed by atoms with E-state index in [4.69, 9.17) is 0 Å². The Kier molecular flexibility index (Phi) is 2.71. The van der Waals surface area contributed by atoms with Crippen LogP contribution in [0.5, 0.6) is 0 Å². The number of hydrogen-bond acceptors (Lipinski definition) is 3. The smallest absolute Gasteiger partial charge is 0.157 e. The van der Waals surface area contributed by atoms with Crippen LogP contribution in [0.4, 0.5) is 5.82 Å². The molecule has 0 amide bonds. The highest BCUT2D eigenvalue weighted by atomic mass is 15.3. The van der Waals surface area contributed by atoms with Gasteiger partial charge in [-0.3, -0.25) is 0 Å². The van der Waals surface area contributed by atoms with Crippen molar-refractivity contribution in [2.75, 3.05) is 5.32 Å². The van der Waals surface area contributed by atoms with Crippen LogP contribution in [0.2, 0.25) is 0 Å². The molecule has 0 radical (unpaired) electrons. The minimum Gasteiger partial charge on any atom is -0.367 e. The van der Waals surface area contributed by atoms with Gasteiger partial charge in [0.1, 0.15) is 5.82 Å². The fourth-order valence-corrected chi connectivity index (χ4v) is 2.53. The summed E-state index contributed by atoms with van der Waals surface area (Å²) in [6, 6.07) is 4.69. The van der Waals surface area contributed by atoms with Crippen molar-refractivity contribution < 1.29 is 0 Å². The largest absolute Gasteiger partial charge is 0.367 e. The van der Waals surface area contributed by atoms with Gasteiger partial charge in [0.15, 0.2) is 5.65 Å². The molecule has 0 aliphatic heterocycles. The third-order valence-electron chi connectivity index (χ3n) is 3.48. The molecule has 0 unspecified atom stereocenters. The van der Waals surface area contributed by atoms with Crippen LogP contribution in [0.3, 0.4) is 0 Å². The van der Waals surface area contributed by atoms with Crippen molar-refractivity contribution in [1.82, 2.24) is 14.6 Å². The molecule has 2 heterocycles. The third-order valence-corrected chi connectivity index (χ3v) is 3.48. The predicted molar refractivity (Wildman–Crippen MR) is 68.2 cm³/mol. The van der Waals surface area contributed by atoms with Crippen molar-refractivity contribution in [3.63, 3.8) is 0 Å². The molecular formula is C13H18N4. The molecular weight excluding hydrogens is 212 g/mol. The maximum Gasteiger partial charge on any atom is 0.157 e. The highest BCUT2D eigenvalue weighted by molar-refractivity contribution is 5.49. The van der Waals surface area contributed by atoms with E-state index < -0.39 is 0 Å². The Labute approximate surface area is 101 Å². The molecule has 0 spiro atoms. The van der Waals surface area contributed by atoms with E-state index in [0.29, 0.717) is 6.04 Å². The zero-order valence-electron chi connectivity index (χ0n) is 10.2. The summed E-state index contributed by atoms with van der Waals surface area (Å²) in [6.45, 7) is 2.13. The van der Waals surface area contributed by atoms with E-state index in [2.05, 4.69) is 28.4 Å². The summed E-state index contributed by atoms with van der Waals surface area (Å²) in [5.74, 6) is 1.09. The van der Waals surface area contributed by atoms with Crippen molar-refractivity contribution in [2.45, 2.75) is 45.1 Å². The Balaban J connectivity index is 1.97. The van der Waals surface area contributed by atoms with Crippen LogP contribution in [0.1, 0.15) is 38.3 Å². The van der Waals surface area contributed by atoms with Gasteiger partial charge < -0.3 is 5.32 Å². The third kappa shape index (κ3) is 1.99. The highest BCUT2D eigenvalue weighted by Crippen LogP contribution is 2.22. The molecule has 90 valence electrons. The van der Waals surface area contributed by atoms with Gasteiger partial charge in [0, 0.05) is 23.9 Å². The molecule has 2 aromatic heterocycles. The molecule has 4 nitrogen and oxygen atoms in total. The Morgan fingerprint density at radius 3 is 3.00 bits per heavy atom. The second-order valence-corrected chi connectivity index (χ2v) is 4.71. The van der Waals surface area contributed by atoms with Gasteiger partial charge in [0.05, 0.1) is 6.20 Å². The van der Waals surface area contributed by atoms with E-state index in [1.54, 1.807) is 0 Å². The number of aryl methyl sites for hydroxylation is 1. The van der Waals surface area contributed by atoms with Crippen molar-refractivity contribution in [2.24, 2.45) is 0 Å². The van der Waals surface area contributed by atoms with Gasteiger partial charge in [-0.1, -0.05) is 19.8 Å². The zero-order chi connectivity index (χ0) is 11.7. The molecule has 0 bridgehead atoms. The summed E-state index contributed by atoms with van der Waals surface area (Å²) < 4.78 is 1.90. The Hall–Kier alpha value is -1.58. The summed E-state index contributed by atoms with van der Waals surface area (Å²) in [5.41, 5.74) is 2.06. The molecule has 1 aliphatic carbocycles. The van der Waals surface area contributed by atoms with Crippen molar-refractivity contribution in [3.8, 4) is 0 Å². The number of nitrogens with zero attached hydrogens (tertiary/aromatic N) is 3. The number of nitrogens with one attached hydrogen (secondary N) is 1. The average Bonchev–Trinajstić information content (AvgIpc) is 2.98. The standard InChI is InChI=1S/C13H18N4/c1-2-10-9-13(16-11-5-3-4-6-11)17-12(15-10)7-8-14-17/h7-9,11,16H,2-6H2,1H3. The highest BCUT2D eigenvalue weighted by Gasteiger charge is 2.16. The molecule has 0 aromatic carbocycles. The molecule has 2 aromatic rings. The van der Waals surface area contributed by atoms with Crippen molar-refractivity contribution >= 4 is 11.5 Å². The van der Waals surface area contributed by atoms with Gasteiger partial charge in [-0.2, -0.15) is 9.61 Å². The van der Waals surface area contributed by atoms with Crippen LogP contribution in [-0.4, -0.2) is 20.6 Å². The topological polar surface area (TPSA) is 42.2 Å². The molecule has 1 aliphatic rings. The van der Waals surface area contributed by atoms with Crippen LogP contribution in [0.15, 0.2) is 18.3 Å². The van der Waals surface area contributed by atoms with Crippen LogP contribution < -0.4 is 5.32 Å². The molecule has 1 fully saturated rings. The van der Waals surface area contributed by atoms with E-state index in [-0.39, 0.29) is 0 Å². The van der Waals surface area contributed by atoms with E-state index in [1.165, 1.54) is 25.7 Å². The van der Waals surface area contributed by atoms with Gasteiger partial charge in [-0.05, 0) is 19.3 Å². The summed E-state index contributed by atoms with van der Waals surface area (Å²) in [5, 5.41) is 7.93. The lowest BCUT2D eigenvalue weighted by Crippen LogP contribution is -2.17. The fraction of sp³-hybridized carbons (Fsp3) is 0.538. The normalized spacial score (nSPS) is 16.8. The van der Waals surface area contributed by atoms with Crippen LogP contribution in [0, 0.1) is 0 Å². The minimum atomic E-state index is 0.606. The number of fused-ring (bicyclic) bond motifs is 1. The van der Waals surface area contributed by atoms with Crippen LogP contribution >= 0.6 is 0 Å². The van der Waals surface area contributed by atoms with Gasteiger partial charge in [0.25, 0.3) is 0 Å². The first-order valence-electron chi connectivity index (χ1n) is 6.47. The first kappa shape index (κ1) is 10.6. The summed E-state index contributed by atoms with van der Waals surface area (Å²) in [4.78, 5) is 4.55. The Morgan fingerprint density at radius 2 is 2.24 bits per heavy atom. The molecule has 0 atom stereocenters. The predicted octanol–water partition coefficient (Wildman–Crippen LogP) is 2.65. The molecule has 0 saturated heterocycles. The Bertz CT molecular complexity index is 511. The molecule has 1 N–H and O–H groups in total. The number of anilines is 1. The number of hydrogen-bond donors (Lipinski definition) is 1. The second kappa shape index (κ2) is 4.35. The summed E-state index contributed by atoms with van der Waals surface area (Å²) >= 11 is 0. The lowest BCUT2D eigenvalue weighted by Gasteiger charge is -2.15. The Morgan fingerprint density at radius 1 is 1.41 bits per heavy atom. The second-order valence-electron chi connectivity index (χ2n) is 4.71. The van der Waals surface area contributed by atoms with E-state index in [9.17, 15) is 0 Å². The first-order chi connectivity index (χ1) is 8.36. The van der Waals surface area contributed by atoms with Gasteiger partial charge in [-0.25, -0.2) is 4.98 Å². The van der Waals surface area contributed by atoms with Crippen molar-refractivity contribution in [3.05, 3.63) is 24.0 Å². The zero-order valence-corrected chi connectivity index (χ0v) is 10.2. The molecule has 4 heteroatoms. The summed E-state index contributed by atoms with van der Waals surface area (Å²) in [6.07, 6.45) is 7.99. The van der Waals surface area contributed by atoms with Crippen LogP contribution in [-0.2, 0) is 6.42 Å². The number of rotatable bonds is 3. The lowest BCUT2D eigenvalue weighted by atomic mass is 10.2. The van der Waals surface area contributed by atoms with Gasteiger partial charge in [0.2, 0.25) is 0 Å². The van der Waals surface area contributed by atoms with E-state index in [1.807, 2.05) is 16.8 Å². The van der Waals surface area contributed by atoms with Gasteiger partial charge >= 0.3 is 0 Å². The van der Waals surface area contributed by atoms with Gasteiger partial charge in [-0.15, -0.1) is 0 Å². The van der Waals surface area contributed by atoms with Crippen LogP contribution in [0.25, 0.3) is 5.65 Å². The monoisotopic (exact) mass is 230 g/mol. The maximum atomic E-state index is 4.55. The SMILES string of the molecule is CCc1cc(NC2CCCC2)n2nccc2n1. The molecule has 3 rings (SSSR count). The van der Waals surface area contributed by atoms with Crippen molar-refractivity contribution in [1.29, 1.82) is 0 Å². The average molecular weight is 230 g/mol. The molecule has 1 saturated carbocycles. The summed E-state index contributed by atoms with van der Waals surface area (Å²) in [7, 11) is 0. The van der Waals surface area contributed by atoms with E-state index >= 15 is 0 Å². The fourth-order valence-electron chi connectivity index (χ4n) is 2.53. The maximum absolute atomic E-state index is 4.55. The number of aromatic nitrogens is 3. The minimum absolute atomic E-state index is 0.606. The van der Waals surface area contributed by atoms with E-state index in [0.717, 1.165) is 23.6 Å². The lowest BCUT2D eigenvalue weighted by molar-refractivity contribution is 0.739. The molecule has 17 heavy (non-hydrogen) atoms. The first-order valence-corrected chi connectivity index (χ1v) is 6.47.